The summed E-state index contributed by atoms with van der Waals surface area (Å²) in [7, 11) is 1.33. The molecule has 0 aliphatic heterocycles. The van der Waals surface area contributed by atoms with Gasteiger partial charge in [0, 0.05) is 11.8 Å². The molecule has 0 aliphatic carbocycles. The molecule has 12 heavy (non-hydrogen) atoms. The molecule has 3 nitrogen and oxygen atoms in total. The molecule has 0 amide bonds. The highest BCUT2D eigenvalue weighted by Crippen LogP contribution is 2.10. The SMILES string of the molecule is COC(=O)C[C@@H](C)C(=O)C(C)C. The summed E-state index contributed by atoms with van der Waals surface area (Å²) in [5.41, 5.74) is 0. The van der Waals surface area contributed by atoms with Crippen LogP contribution in [0.5, 0.6) is 0 Å². The Labute approximate surface area is 73.1 Å². The molecule has 0 aromatic rings. The van der Waals surface area contributed by atoms with Gasteiger partial charge in [-0.15, -0.1) is 0 Å². The largest absolute Gasteiger partial charge is 0.469 e. The molecule has 1 atom stereocenters. The van der Waals surface area contributed by atoms with Crippen LogP contribution in [-0.2, 0) is 14.3 Å². The van der Waals surface area contributed by atoms with Crippen LogP contribution >= 0.6 is 0 Å². The predicted octanol–water partition coefficient (Wildman–Crippen LogP) is 1.41. The molecule has 0 N–H and O–H groups in total. The second kappa shape index (κ2) is 4.91. The quantitative estimate of drug-likeness (QED) is 0.602. The van der Waals surface area contributed by atoms with Crippen molar-refractivity contribution in [1.29, 1.82) is 0 Å². The predicted molar refractivity (Wildman–Crippen MR) is 45.6 cm³/mol. The third-order valence-electron chi connectivity index (χ3n) is 1.76. The molecule has 0 saturated heterocycles. The molecular formula is C9H16O3. The van der Waals surface area contributed by atoms with E-state index in [1.165, 1.54) is 7.11 Å². The molecule has 0 aliphatic rings. The van der Waals surface area contributed by atoms with E-state index < -0.39 is 0 Å². The Morgan fingerprint density at radius 2 is 1.75 bits per heavy atom. The summed E-state index contributed by atoms with van der Waals surface area (Å²) in [5.74, 6) is -0.445. The van der Waals surface area contributed by atoms with Crippen molar-refractivity contribution in [3.05, 3.63) is 0 Å². The van der Waals surface area contributed by atoms with Gasteiger partial charge in [-0.25, -0.2) is 0 Å². The molecule has 3 heteroatoms. The van der Waals surface area contributed by atoms with E-state index in [4.69, 9.17) is 0 Å². The minimum absolute atomic E-state index is 0.00958. The Morgan fingerprint density at radius 1 is 1.25 bits per heavy atom. The number of ketones is 1. The summed E-state index contributed by atoms with van der Waals surface area (Å²) in [6.45, 7) is 5.41. The van der Waals surface area contributed by atoms with Gasteiger partial charge in [0.15, 0.2) is 0 Å². The van der Waals surface area contributed by atoms with Gasteiger partial charge in [-0.1, -0.05) is 20.8 Å². The van der Waals surface area contributed by atoms with E-state index >= 15 is 0 Å². The normalized spacial score (nSPS) is 12.8. The van der Waals surface area contributed by atoms with Crippen LogP contribution in [0.2, 0.25) is 0 Å². The van der Waals surface area contributed by atoms with Crippen LogP contribution in [-0.4, -0.2) is 18.9 Å². The van der Waals surface area contributed by atoms with Gasteiger partial charge in [0.1, 0.15) is 5.78 Å². The van der Waals surface area contributed by atoms with Crippen molar-refractivity contribution in [3.63, 3.8) is 0 Å². The van der Waals surface area contributed by atoms with E-state index in [0.29, 0.717) is 0 Å². The van der Waals surface area contributed by atoms with Crippen molar-refractivity contribution < 1.29 is 14.3 Å². The maximum absolute atomic E-state index is 11.3. The smallest absolute Gasteiger partial charge is 0.306 e. The Bertz CT molecular complexity index is 173. The number of ether oxygens (including phenoxy) is 1. The van der Waals surface area contributed by atoms with Crippen molar-refractivity contribution in [2.24, 2.45) is 11.8 Å². The van der Waals surface area contributed by atoms with E-state index in [1.54, 1.807) is 6.92 Å². The molecule has 0 aromatic heterocycles. The fourth-order valence-corrected chi connectivity index (χ4v) is 1.00. The van der Waals surface area contributed by atoms with Crippen LogP contribution in [0.25, 0.3) is 0 Å². The third kappa shape index (κ3) is 3.51. The highest BCUT2D eigenvalue weighted by molar-refractivity contribution is 5.86. The van der Waals surface area contributed by atoms with E-state index in [9.17, 15) is 9.59 Å². The molecule has 0 aromatic carbocycles. The zero-order valence-corrected chi connectivity index (χ0v) is 8.09. The van der Waals surface area contributed by atoms with Crippen LogP contribution in [0.3, 0.4) is 0 Å². The molecule has 0 spiro atoms. The first kappa shape index (κ1) is 11.1. The van der Waals surface area contributed by atoms with Gasteiger partial charge in [0.2, 0.25) is 0 Å². The number of carbonyl (C=O) groups excluding carboxylic acids is 2. The Morgan fingerprint density at radius 3 is 2.08 bits per heavy atom. The van der Waals surface area contributed by atoms with Crippen molar-refractivity contribution in [1.82, 2.24) is 0 Å². The number of Topliss-reactive ketones (excluding diaryl/α,β-unsaturated/α-hetero) is 1. The first-order valence-corrected chi connectivity index (χ1v) is 4.09. The molecular weight excluding hydrogens is 156 g/mol. The van der Waals surface area contributed by atoms with Gasteiger partial charge in [-0.3, -0.25) is 9.59 Å². The van der Waals surface area contributed by atoms with E-state index in [-0.39, 0.29) is 30.0 Å². The summed E-state index contributed by atoms with van der Waals surface area (Å²) in [6, 6.07) is 0. The third-order valence-corrected chi connectivity index (χ3v) is 1.76. The fraction of sp³-hybridized carbons (Fsp3) is 0.778. The van der Waals surface area contributed by atoms with Crippen LogP contribution in [0.15, 0.2) is 0 Å². The molecule has 0 bridgehead atoms. The summed E-state index contributed by atoms with van der Waals surface area (Å²) >= 11 is 0. The van der Waals surface area contributed by atoms with Crippen LogP contribution in [0.4, 0.5) is 0 Å². The molecule has 0 heterocycles. The minimum Gasteiger partial charge on any atom is -0.469 e. The average molecular weight is 172 g/mol. The number of rotatable bonds is 4. The minimum atomic E-state index is -0.323. The lowest BCUT2D eigenvalue weighted by atomic mass is 9.94. The lowest BCUT2D eigenvalue weighted by Crippen LogP contribution is -2.20. The standard InChI is InChI=1S/C9H16O3/c1-6(2)9(11)7(3)5-8(10)12-4/h6-7H,5H2,1-4H3/t7-/m1/s1. The zero-order chi connectivity index (χ0) is 9.72. The van der Waals surface area contributed by atoms with E-state index in [2.05, 4.69) is 4.74 Å². The Hall–Kier alpha value is -0.860. The molecule has 70 valence electrons. The van der Waals surface area contributed by atoms with Gasteiger partial charge in [-0.05, 0) is 0 Å². The number of methoxy groups -OCH3 is 1. The number of esters is 1. The second-order valence-electron chi connectivity index (χ2n) is 3.24. The van der Waals surface area contributed by atoms with Crippen molar-refractivity contribution >= 4 is 11.8 Å². The average Bonchev–Trinajstić information content (AvgIpc) is 2.02. The highest BCUT2D eigenvalue weighted by atomic mass is 16.5. The molecule has 0 fully saturated rings. The number of hydrogen-bond donors (Lipinski definition) is 0. The van der Waals surface area contributed by atoms with Gasteiger partial charge < -0.3 is 4.74 Å². The van der Waals surface area contributed by atoms with Crippen molar-refractivity contribution in [2.75, 3.05) is 7.11 Å². The maximum atomic E-state index is 11.3. The summed E-state index contributed by atoms with van der Waals surface area (Å²) in [5, 5.41) is 0. The molecule has 0 unspecified atom stereocenters. The van der Waals surface area contributed by atoms with Gasteiger partial charge in [-0.2, -0.15) is 0 Å². The summed E-state index contributed by atoms with van der Waals surface area (Å²) in [6.07, 6.45) is 0.188. The first-order valence-electron chi connectivity index (χ1n) is 4.09. The first-order chi connectivity index (χ1) is 5.49. The van der Waals surface area contributed by atoms with Crippen LogP contribution in [0, 0.1) is 11.8 Å². The molecule has 0 rings (SSSR count). The summed E-state index contributed by atoms with van der Waals surface area (Å²) in [4.78, 5) is 22.1. The zero-order valence-electron chi connectivity index (χ0n) is 8.09. The number of hydrogen-bond acceptors (Lipinski definition) is 3. The topological polar surface area (TPSA) is 43.4 Å². The van der Waals surface area contributed by atoms with Gasteiger partial charge in [0.05, 0.1) is 13.5 Å². The van der Waals surface area contributed by atoms with Crippen LogP contribution < -0.4 is 0 Å². The highest BCUT2D eigenvalue weighted by Gasteiger charge is 2.19. The Kier molecular flexibility index (Phi) is 4.55. The van der Waals surface area contributed by atoms with Gasteiger partial charge >= 0.3 is 5.97 Å². The lowest BCUT2D eigenvalue weighted by molar-refractivity contribution is -0.144. The molecule has 0 saturated carbocycles. The van der Waals surface area contributed by atoms with Crippen molar-refractivity contribution in [3.8, 4) is 0 Å². The maximum Gasteiger partial charge on any atom is 0.306 e. The monoisotopic (exact) mass is 172 g/mol. The number of carbonyl (C=O) groups is 2. The summed E-state index contributed by atoms with van der Waals surface area (Å²) < 4.78 is 4.46. The van der Waals surface area contributed by atoms with Gasteiger partial charge in [0.25, 0.3) is 0 Å². The van der Waals surface area contributed by atoms with Crippen molar-refractivity contribution in [2.45, 2.75) is 27.2 Å². The lowest BCUT2D eigenvalue weighted by Gasteiger charge is -2.10. The van der Waals surface area contributed by atoms with E-state index in [1.807, 2.05) is 13.8 Å². The fourth-order valence-electron chi connectivity index (χ4n) is 1.00. The Balaban J connectivity index is 3.95. The van der Waals surface area contributed by atoms with E-state index in [0.717, 1.165) is 0 Å². The molecule has 0 radical (unpaired) electrons. The van der Waals surface area contributed by atoms with Crippen LogP contribution in [0.1, 0.15) is 27.2 Å². The second-order valence-corrected chi connectivity index (χ2v) is 3.24.